The van der Waals surface area contributed by atoms with Crippen LogP contribution in [0.25, 0.3) is 16.3 Å². The van der Waals surface area contributed by atoms with Crippen molar-refractivity contribution in [3.8, 4) is 16.3 Å². The first-order valence-corrected chi connectivity index (χ1v) is 8.94. The number of carbonyl (C=O) groups excluding carboxylic acids is 1. The number of amides is 1. The number of hydrogen-bond donors (Lipinski definition) is 2. The van der Waals surface area contributed by atoms with Crippen molar-refractivity contribution >= 4 is 23.1 Å². The Morgan fingerprint density at radius 2 is 1.96 bits per heavy atom. The number of carbonyl (C=O) groups is 1. The first-order valence-electron chi connectivity index (χ1n) is 8.13. The van der Waals surface area contributed by atoms with E-state index in [9.17, 15) is 9.18 Å². The molecule has 4 aromatic rings. The zero-order chi connectivity index (χ0) is 19.0. The lowest BCUT2D eigenvalue weighted by molar-refractivity contribution is 0.101. The van der Waals surface area contributed by atoms with Gasteiger partial charge in [-0.05, 0) is 50.2 Å². The maximum atomic E-state index is 13.1. The van der Waals surface area contributed by atoms with Gasteiger partial charge in [-0.25, -0.2) is 14.1 Å². The largest absolute Gasteiger partial charge is 0.302 e. The second-order valence-corrected chi connectivity index (χ2v) is 7.19. The minimum Gasteiger partial charge on any atom is -0.302 e. The summed E-state index contributed by atoms with van der Waals surface area (Å²) in [6.45, 7) is 3.75. The third kappa shape index (κ3) is 3.49. The number of aromatic nitrogens is 5. The molecule has 7 nitrogen and oxygen atoms in total. The summed E-state index contributed by atoms with van der Waals surface area (Å²) in [5, 5.41) is 13.9. The zero-order valence-corrected chi connectivity index (χ0v) is 15.3. The van der Waals surface area contributed by atoms with E-state index in [0.29, 0.717) is 17.3 Å². The second kappa shape index (κ2) is 6.76. The predicted molar refractivity (Wildman–Crippen MR) is 101 cm³/mol. The molecule has 27 heavy (non-hydrogen) atoms. The number of benzene rings is 1. The van der Waals surface area contributed by atoms with Gasteiger partial charge in [-0.3, -0.25) is 9.89 Å². The quantitative estimate of drug-likeness (QED) is 0.563. The fourth-order valence-electron chi connectivity index (χ4n) is 2.58. The van der Waals surface area contributed by atoms with Gasteiger partial charge in [0.1, 0.15) is 11.6 Å². The van der Waals surface area contributed by atoms with Crippen LogP contribution < -0.4 is 5.32 Å². The number of rotatable bonds is 4. The molecule has 0 aliphatic heterocycles. The normalized spacial score (nSPS) is 10.9. The molecule has 3 aromatic heterocycles. The Morgan fingerprint density at radius 1 is 1.19 bits per heavy atom. The molecule has 4 rings (SSSR count). The van der Waals surface area contributed by atoms with Gasteiger partial charge < -0.3 is 5.32 Å². The third-order valence-electron chi connectivity index (χ3n) is 3.87. The molecule has 0 fully saturated rings. The van der Waals surface area contributed by atoms with Gasteiger partial charge in [-0.1, -0.05) is 0 Å². The number of aryl methyl sites for hydroxylation is 2. The summed E-state index contributed by atoms with van der Waals surface area (Å²) in [4.78, 5) is 18.9. The molecule has 0 bridgehead atoms. The van der Waals surface area contributed by atoms with Crippen LogP contribution in [0.4, 0.5) is 10.2 Å². The van der Waals surface area contributed by atoms with Crippen LogP contribution >= 0.6 is 11.3 Å². The summed E-state index contributed by atoms with van der Waals surface area (Å²) >= 11 is 1.63. The van der Waals surface area contributed by atoms with Crippen LogP contribution in [-0.2, 0) is 0 Å². The fraction of sp³-hybridized carbons (Fsp3) is 0.111. The van der Waals surface area contributed by atoms with Crippen molar-refractivity contribution in [2.75, 3.05) is 5.32 Å². The maximum absolute atomic E-state index is 13.1. The third-order valence-corrected chi connectivity index (χ3v) is 4.90. The number of thiophene rings is 1. The number of halogens is 1. The van der Waals surface area contributed by atoms with Crippen molar-refractivity contribution < 1.29 is 9.18 Å². The Kier molecular flexibility index (Phi) is 4.28. The number of H-pyrrole nitrogens is 1. The van der Waals surface area contributed by atoms with E-state index in [1.807, 2.05) is 19.1 Å². The zero-order valence-electron chi connectivity index (χ0n) is 14.5. The van der Waals surface area contributed by atoms with E-state index in [2.05, 4.69) is 25.6 Å². The monoisotopic (exact) mass is 382 g/mol. The Labute approximate surface area is 157 Å². The van der Waals surface area contributed by atoms with E-state index < -0.39 is 5.91 Å². The summed E-state index contributed by atoms with van der Waals surface area (Å²) in [6, 6.07) is 11.6. The first kappa shape index (κ1) is 17.1. The lowest BCUT2D eigenvalue weighted by Gasteiger charge is -2.01. The summed E-state index contributed by atoms with van der Waals surface area (Å²) < 4.78 is 14.6. The van der Waals surface area contributed by atoms with Gasteiger partial charge in [0.25, 0.3) is 5.91 Å². The SMILES string of the molecule is Cc1ccc(-c2cc(NC(=O)c3nc(C)n(-c4ccc(F)cc4)n3)n[nH]2)s1. The Balaban J connectivity index is 1.53. The standard InChI is InChI=1S/C18H15FN6OS/c1-10-3-8-15(27-10)14-9-16(23-22-14)21-18(26)17-20-11(2)25(24-17)13-6-4-12(19)5-7-13/h3-9H,1-2H3,(H2,21,22,23,26). The molecule has 0 radical (unpaired) electrons. The van der Waals surface area contributed by atoms with Crippen LogP contribution in [0.5, 0.6) is 0 Å². The van der Waals surface area contributed by atoms with E-state index in [1.54, 1.807) is 36.5 Å². The number of nitrogens with zero attached hydrogens (tertiary/aromatic N) is 4. The molecule has 1 amide bonds. The second-order valence-electron chi connectivity index (χ2n) is 5.90. The average Bonchev–Trinajstić information content (AvgIpc) is 3.36. The highest BCUT2D eigenvalue weighted by Gasteiger charge is 2.17. The highest BCUT2D eigenvalue weighted by molar-refractivity contribution is 7.15. The van der Waals surface area contributed by atoms with Crippen LogP contribution in [0.1, 0.15) is 21.3 Å². The molecule has 3 heterocycles. The van der Waals surface area contributed by atoms with E-state index in [0.717, 1.165) is 10.6 Å². The van der Waals surface area contributed by atoms with Gasteiger partial charge in [0.2, 0.25) is 5.82 Å². The molecule has 1 aromatic carbocycles. The average molecular weight is 382 g/mol. The summed E-state index contributed by atoms with van der Waals surface area (Å²) in [6.07, 6.45) is 0. The Hall–Kier alpha value is -3.33. The number of anilines is 1. The molecule has 0 spiro atoms. The number of aromatic amines is 1. The number of nitrogens with one attached hydrogen (secondary N) is 2. The number of hydrogen-bond acceptors (Lipinski definition) is 5. The molecule has 9 heteroatoms. The molecule has 0 unspecified atom stereocenters. The van der Waals surface area contributed by atoms with Crippen molar-refractivity contribution in [3.63, 3.8) is 0 Å². The van der Waals surface area contributed by atoms with Crippen molar-refractivity contribution in [2.45, 2.75) is 13.8 Å². The van der Waals surface area contributed by atoms with Gasteiger partial charge in [0.15, 0.2) is 5.82 Å². The van der Waals surface area contributed by atoms with Crippen LogP contribution in [0, 0.1) is 19.7 Å². The summed E-state index contributed by atoms with van der Waals surface area (Å²) in [5.41, 5.74) is 1.44. The first-order chi connectivity index (χ1) is 13.0. The Bertz CT molecular complexity index is 1110. The van der Waals surface area contributed by atoms with Crippen molar-refractivity contribution in [1.29, 1.82) is 0 Å². The molecular weight excluding hydrogens is 367 g/mol. The molecule has 136 valence electrons. The lowest BCUT2D eigenvalue weighted by atomic mass is 10.3. The molecular formula is C18H15FN6OS. The Morgan fingerprint density at radius 3 is 2.67 bits per heavy atom. The minimum absolute atomic E-state index is 0.00773. The molecule has 0 atom stereocenters. The smallest absolute Gasteiger partial charge is 0.296 e. The molecule has 0 aliphatic carbocycles. The van der Waals surface area contributed by atoms with E-state index in [1.165, 1.54) is 21.7 Å². The van der Waals surface area contributed by atoms with E-state index in [4.69, 9.17) is 0 Å². The van der Waals surface area contributed by atoms with Crippen LogP contribution in [0.15, 0.2) is 42.5 Å². The predicted octanol–water partition coefficient (Wildman–Crippen LogP) is 3.73. The van der Waals surface area contributed by atoms with E-state index in [-0.39, 0.29) is 11.6 Å². The van der Waals surface area contributed by atoms with Gasteiger partial charge in [0, 0.05) is 10.9 Å². The highest BCUT2D eigenvalue weighted by atomic mass is 32.1. The molecule has 0 saturated carbocycles. The van der Waals surface area contributed by atoms with Crippen molar-refractivity contribution in [2.24, 2.45) is 0 Å². The topological polar surface area (TPSA) is 88.5 Å². The fourth-order valence-corrected chi connectivity index (χ4v) is 3.41. The van der Waals surface area contributed by atoms with Gasteiger partial charge in [-0.2, -0.15) is 5.10 Å². The molecule has 2 N–H and O–H groups in total. The summed E-state index contributed by atoms with van der Waals surface area (Å²) in [5.74, 6) is 0.0952. The van der Waals surface area contributed by atoms with Crippen LogP contribution in [0.2, 0.25) is 0 Å². The van der Waals surface area contributed by atoms with Crippen molar-refractivity contribution in [3.05, 3.63) is 64.8 Å². The van der Waals surface area contributed by atoms with Crippen LogP contribution in [0.3, 0.4) is 0 Å². The minimum atomic E-state index is -0.473. The van der Waals surface area contributed by atoms with E-state index >= 15 is 0 Å². The molecule has 0 aliphatic rings. The summed E-state index contributed by atoms with van der Waals surface area (Å²) in [7, 11) is 0. The molecule has 0 saturated heterocycles. The maximum Gasteiger partial charge on any atom is 0.296 e. The highest BCUT2D eigenvalue weighted by Crippen LogP contribution is 2.27. The van der Waals surface area contributed by atoms with Crippen LogP contribution in [-0.4, -0.2) is 30.9 Å². The van der Waals surface area contributed by atoms with Gasteiger partial charge in [0.05, 0.1) is 16.3 Å². The lowest BCUT2D eigenvalue weighted by Crippen LogP contribution is -2.14. The van der Waals surface area contributed by atoms with Gasteiger partial charge in [-0.15, -0.1) is 16.4 Å². The van der Waals surface area contributed by atoms with Gasteiger partial charge >= 0.3 is 0 Å². The van der Waals surface area contributed by atoms with Crippen molar-refractivity contribution in [1.82, 2.24) is 25.0 Å².